The second kappa shape index (κ2) is 6.81. The van der Waals surface area contributed by atoms with E-state index in [1.807, 2.05) is 6.92 Å². The van der Waals surface area contributed by atoms with Crippen LogP contribution in [0.15, 0.2) is 0 Å². The highest BCUT2D eigenvalue weighted by atomic mass is 16.1. The van der Waals surface area contributed by atoms with Gasteiger partial charge in [0.1, 0.15) is 11.6 Å². The second-order valence-electron chi connectivity index (χ2n) is 3.65. The minimum atomic E-state index is 0.192. The molecule has 0 saturated carbocycles. The van der Waals surface area contributed by atoms with Crippen LogP contribution in [0.2, 0.25) is 0 Å². The zero-order chi connectivity index (χ0) is 10.3. The Kier molecular flexibility index (Phi) is 6.47. The predicted octanol–water partition coefficient (Wildman–Crippen LogP) is 2.75. The third kappa shape index (κ3) is 6.50. The van der Waals surface area contributed by atoms with Gasteiger partial charge in [-0.3, -0.25) is 9.59 Å². The van der Waals surface area contributed by atoms with Crippen molar-refractivity contribution in [2.24, 2.45) is 5.92 Å². The Balaban J connectivity index is 3.57. The molecule has 2 nitrogen and oxygen atoms in total. The summed E-state index contributed by atoms with van der Waals surface area (Å²) >= 11 is 0. The van der Waals surface area contributed by atoms with Crippen molar-refractivity contribution in [1.82, 2.24) is 0 Å². The molecule has 0 radical (unpaired) electrons. The summed E-state index contributed by atoms with van der Waals surface area (Å²) in [7, 11) is 0. The van der Waals surface area contributed by atoms with E-state index < -0.39 is 0 Å². The minimum Gasteiger partial charge on any atom is -0.300 e. The number of rotatable bonds is 7. The van der Waals surface area contributed by atoms with Crippen LogP contribution in [-0.4, -0.2) is 11.6 Å². The van der Waals surface area contributed by atoms with E-state index in [0.717, 1.165) is 6.42 Å². The minimum absolute atomic E-state index is 0.192. The zero-order valence-electron chi connectivity index (χ0n) is 8.93. The molecule has 1 unspecified atom stereocenters. The van der Waals surface area contributed by atoms with Crippen LogP contribution in [0.1, 0.15) is 52.9 Å². The van der Waals surface area contributed by atoms with Gasteiger partial charge in [0.15, 0.2) is 0 Å². The third-order valence-corrected chi connectivity index (χ3v) is 2.35. The van der Waals surface area contributed by atoms with Gasteiger partial charge in [0, 0.05) is 25.7 Å². The summed E-state index contributed by atoms with van der Waals surface area (Å²) in [6.07, 6.45) is 3.10. The van der Waals surface area contributed by atoms with Gasteiger partial charge in [0.25, 0.3) is 0 Å². The van der Waals surface area contributed by atoms with Crippen molar-refractivity contribution in [3.63, 3.8) is 0 Å². The molecular weight excluding hydrogens is 164 g/mol. The molecule has 76 valence electrons. The van der Waals surface area contributed by atoms with Crippen molar-refractivity contribution >= 4 is 11.6 Å². The summed E-state index contributed by atoms with van der Waals surface area (Å²) in [4.78, 5) is 22.2. The molecule has 2 heteroatoms. The molecule has 0 fully saturated rings. The van der Waals surface area contributed by atoms with Crippen LogP contribution in [-0.2, 0) is 9.59 Å². The van der Waals surface area contributed by atoms with Gasteiger partial charge < -0.3 is 0 Å². The highest BCUT2D eigenvalue weighted by Gasteiger charge is 2.08. The van der Waals surface area contributed by atoms with Crippen LogP contribution in [0, 0.1) is 5.92 Å². The summed E-state index contributed by atoms with van der Waals surface area (Å²) in [5.41, 5.74) is 0. The Morgan fingerprint density at radius 2 is 1.62 bits per heavy atom. The van der Waals surface area contributed by atoms with Crippen molar-refractivity contribution in [2.45, 2.75) is 52.9 Å². The molecular formula is C11H20O2. The fourth-order valence-corrected chi connectivity index (χ4v) is 1.09. The van der Waals surface area contributed by atoms with Gasteiger partial charge in [0.05, 0.1) is 0 Å². The van der Waals surface area contributed by atoms with E-state index in [2.05, 4.69) is 13.8 Å². The molecule has 0 aromatic carbocycles. The number of carbonyl (C=O) groups excluding carboxylic acids is 2. The molecule has 0 rings (SSSR count). The van der Waals surface area contributed by atoms with E-state index in [4.69, 9.17) is 0 Å². The van der Waals surface area contributed by atoms with E-state index >= 15 is 0 Å². The normalized spacial score (nSPS) is 12.5. The van der Waals surface area contributed by atoms with E-state index in [-0.39, 0.29) is 11.6 Å². The summed E-state index contributed by atoms with van der Waals surface area (Å²) in [5.74, 6) is 0.887. The zero-order valence-corrected chi connectivity index (χ0v) is 8.93. The molecule has 0 bridgehead atoms. The molecule has 0 amide bonds. The van der Waals surface area contributed by atoms with Gasteiger partial charge in [-0.2, -0.15) is 0 Å². The molecule has 0 N–H and O–H groups in total. The Labute approximate surface area is 80.7 Å². The standard InChI is InChI=1S/C11H20O2/c1-4-9(3)8-11(13)7-6-10(12)5-2/h9H,4-8H2,1-3H3. The highest BCUT2D eigenvalue weighted by molar-refractivity contribution is 5.85. The smallest absolute Gasteiger partial charge is 0.133 e. The lowest BCUT2D eigenvalue weighted by Crippen LogP contribution is -2.07. The summed E-state index contributed by atoms with van der Waals surface area (Å²) in [6.45, 7) is 5.98. The number of hydrogen-bond donors (Lipinski definition) is 0. The fraction of sp³-hybridized carbons (Fsp3) is 0.818. The largest absolute Gasteiger partial charge is 0.300 e. The first-order chi connectivity index (χ1) is 6.10. The molecule has 0 aliphatic carbocycles. The molecule has 0 aliphatic heterocycles. The van der Waals surface area contributed by atoms with Crippen LogP contribution in [0.4, 0.5) is 0 Å². The Morgan fingerprint density at radius 3 is 2.08 bits per heavy atom. The summed E-state index contributed by atoms with van der Waals surface area (Å²) in [6, 6.07) is 0. The second-order valence-corrected chi connectivity index (χ2v) is 3.65. The van der Waals surface area contributed by atoms with Crippen LogP contribution in [0.5, 0.6) is 0 Å². The van der Waals surface area contributed by atoms with Gasteiger partial charge in [-0.1, -0.05) is 27.2 Å². The molecule has 0 aliphatic rings. The van der Waals surface area contributed by atoms with Crippen molar-refractivity contribution in [3.8, 4) is 0 Å². The van der Waals surface area contributed by atoms with Crippen molar-refractivity contribution in [3.05, 3.63) is 0 Å². The Hall–Kier alpha value is -0.660. The topological polar surface area (TPSA) is 34.1 Å². The highest BCUT2D eigenvalue weighted by Crippen LogP contribution is 2.09. The average Bonchev–Trinajstić information content (AvgIpc) is 2.13. The van der Waals surface area contributed by atoms with E-state index in [1.165, 1.54) is 0 Å². The molecule has 0 aromatic heterocycles. The van der Waals surface area contributed by atoms with E-state index in [0.29, 0.717) is 31.6 Å². The molecule has 13 heavy (non-hydrogen) atoms. The molecule has 1 atom stereocenters. The van der Waals surface area contributed by atoms with Gasteiger partial charge in [-0.05, 0) is 5.92 Å². The quantitative estimate of drug-likeness (QED) is 0.609. The lowest BCUT2D eigenvalue weighted by atomic mass is 9.99. The van der Waals surface area contributed by atoms with Crippen LogP contribution in [0.25, 0.3) is 0 Å². The third-order valence-electron chi connectivity index (χ3n) is 2.35. The monoisotopic (exact) mass is 184 g/mol. The van der Waals surface area contributed by atoms with Gasteiger partial charge in [-0.25, -0.2) is 0 Å². The lowest BCUT2D eigenvalue weighted by molar-refractivity contribution is -0.124. The molecule has 0 saturated heterocycles. The van der Waals surface area contributed by atoms with Gasteiger partial charge in [0.2, 0.25) is 0 Å². The molecule has 0 aromatic rings. The Bertz CT molecular complexity index is 173. The SMILES string of the molecule is CCC(=O)CCC(=O)CC(C)CC. The number of Topliss-reactive ketones (excluding diaryl/α,β-unsaturated/α-hetero) is 2. The maximum atomic E-state index is 11.3. The van der Waals surface area contributed by atoms with Gasteiger partial charge >= 0.3 is 0 Å². The van der Waals surface area contributed by atoms with Crippen LogP contribution in [0.3, 0.4) is 0 Å². The average molecular weight is 184 g/mol. The first-order valence-corrected chi connectivity index (χ1v) is 5.13. The first kappa shape index (κ1) is 12.3. The molecule has 0 spiro atoms. The lowest BCUT2D eigenvalue weighted by Gasteiger charge is -2.05. The Morgan fingerprint density at radius 1 is 1.08 bits per heavy atom. The fourth-order valence-electron chi connectivity index (χ4n) is 1.09. The van der Waals surface area contributed by atoms with Crippen molar-refractivity contribution in [1.29, 1.82) is 0 Å². The first-order valence-electron chi connectivity index (χ1n) is 5.13. The van der Waals surface area contributed by atoms with E-state index in [1.54, 1.807) is 0 Å². The van der Waals surface area contributed by atoms with Crippen LogP contribution < -0.4 is 0 Å². The van der Waals surface area contributed by atoms with Gasteiger partial charge in [-0.15, -0.1) is 0 Å². The number of ketones is 2. The van der Waals surface area contributed by atoms with Crippen molar-refractivity contribution < 1.29 is 9.59 Å². The predicted molar refractivity (Wildman–Crippen MR) is 53.6 cm³/mol. The maximum absolute atomic E-state index is 11.3. The molecule has 0 heterocycles. The van der Waals surface area contributed by atoms with Crippen LogP contribution >= 0.6 is 0 Å². The maximum Gasteiger partial charge on any atom is 0.133 e. The number of hydrogen-bond acceptors (Lipinski definition) is 2. The summed E-state index contributed by atoms with van der Waals surface area (Å²) in [5, 5.41) is 0. The van der Waals surface area contributed by atoms with Crippen molar-refractivity contribution in [2.75, 3.05) is 0 Å². The summed E-state index contributed by atoms with van der Waals surface area (Å²) < 4.78 is 0. The van der Waals surface area contributed by atoms with E-state index in [9.17, 15) is 9.59 Å². The number of carbonyl (C=O) groups is 2.